The lowest BCUT2D eigenvalue weighted by Crippen LogP contribution is -1.97. The minimum atomic E-state index is 0.0535. The van der Waals surface area contributed by atoms with E-state index >= 15 is 0 Å². The summed E-state index contributed by atoms with van der Waals surface area (Å²) < 4.78 is 22.5. The molecule has 7 nitrogen and oxygen atoms in total. The first kappa shape index (κ1) is 18.7. The molecule has 4 aromatic rings. The molecule has 0 amide bonds. The summed E-state index contributed by atoms with van der Waals surface area (Å²) in [6.07, 6.45) is 1.85. The van der Waals surface area contributed by atoms with E-state index in [9.17, 15) is 4.79 Å². The molecular weight excluding hydrogens is 372 g/mol. The third-order valence-corrected chi connectivity index (χ3v) is 4.76. The van der Waals surface area contributed by atoms with Gasteiger partial charge in [0.05, 0.1) is 30.7 Å². The van der Waals surface area contributed by atoms with Gasteiger partial charge in [-0.1, -0.05) is 6.92 Å². The Kier molecular flexibility index (Phi) is 4.80. The van der Waals surface area contributed by atoms with Crippen LogP contribution in [-0.2, 0) is 0 Å². The van der Waals surface area contributed by atoms with Gasteiger partial charge >= 0.3 is 0 Å². The van der Waals surface area contributed by atoms with Crippen LogP contribution in [0.1, 0.15) is 29.5 Å². The molecule has 29 heavy (non-hydrogen) atoms. The second kappa shape index (κ2) is 7.43. The molecule has 2 aromatic carbocycles. The molecule has 0 N–H and O–H groups in total. The summed E-state index contributed by atoms with van der Waals surface area (Å²) in [5, 5.41) is 1.46. The molecule has 0 unspecified atom stereocenters. The number of aromatic nitrogens is 2. The third-order valence-electron chi connectivity index (χ3n) is 4.76. The summed E-state index contributed by atoms with van der Waals surface area (Å²) in [5.74, 6) is 2.70. The molecule has 2 aromatic heterocycles. The van der Waals surface area contributed by atoms with Crippen molar-refractivity contribution >= 4 is 27.7 Å². The van der Waals surface area contributed by atoms with Gasteiger partial charge in [0.25, 0.3) is 0 Å². The molecule has 0 saturated carbocycles. The summed E-state index contributed by atoms with van der Waals surface area (Å²) in [7, 11) is 3.14. The van der Waals surface area contributed by atoms with Crippen molar-refractivity contribution in [3.8, 4) is 23.1 Å². The van der Waals surface area contributed by atoms with Crippen LogP contribution in [0.25, 0.3) is 21.9 Å². The number of carbonyl (C=O) groups is 1. The highest BCUT2D eigenvalue weighted by Crippen LogP contribution is 2.37. The molecule has 0 atom stereocenters. The van der Waals surface area contributed by atoms with Crippen LogP contribution in [-0.4, -0.2) is 30.0 Å². The Bertz CT molecular complexity index is 1230. The Morgan fingerprint density at radius 1 is 1.03 bits per heavy atom. The number of nitrogens with zero attached hydrogens (tertiary/aromatic N) is 2. The van der Waals surface area contributed by atoms with Crippen molar-refractivity contribution in [2.75, 3.05) is 14.2 Å². The molecule has 0 bridgehead atoms. The van der Waals surface area contributed by atoms with Crippen LogP contribution in [0.4, 0.5) is 0 Å². The average molecular weight is 392 g/mol. The zero-order valence-corrected chi connectivity index (χ0v) is 16.6. The van der Waals surface area contributed by atoms with Gasteiger partial charge in [-0.15, -0.1) is 0 Å². The number of fused-ring (bicyclic) bond motifs is 2. The highest BCUT2D eigenvalue weighted by molar-refractivity contribution is 6.08. The smallest absolute Gasteiger partial charge is 0.230 e. The van der Waals surface area contributed by atoms with Crippen LogP contribution in [0, 0.1) is 6.92 Å². The SMILES string of the molecule is CCC(=O)c1c(C)oc2cc(Oc3ncnc4cc(OC)c(OC)cc34)ccc12. The first-order valence-electron chi connectivity index (χ1n) is 9.16. The fraction of sp³-hybridized carbons (Fsp3) is 0.227. The van der Waals surface area contributed by atoms with Gasteiger partial charge in [0, 0.05) is 23.9 Å². The van der Waals surface area contributed by atoms with Crippen LogP contribution in [0.3, 0.4) is 0 Å². The minimum Gasteiger partial charge on any atom is -0.493 e. The average Bonchev–Trinajstić information content (AvgIpc) is 3.07. The third kappa shape index (κ3) is 3.24. The van der Waals surface area contributed by atoms with Crippen molar-refractivity contribution in [3.05, 3.63) is 48.0 Å². The lowest BCUT2D eigenvalue weighted by Gasteiger charge is -2.11. The number of hydrogen-bond acceptors (Lipinski definition) is 7. The molecule has 0 radical (unpaired) electrons. The van der Waals surface area contributed by atoms with Crippen molar-refractivity contribution in [1.82, 2.24) is 9.97 Å². The first-order valence-corrected chi connectivity index (χ1v) is 9.16. The summed E-state index contributed by atoms with van der Waals surface area (Å²) >= 11 is 0. The topological polar surface area (TPSA) is 83.7 Å². The fourth-order valence-corrected chi connectivity index (χ4v) is 3.34. The van der Waals surface area contributed by atoms with Crippen molar-refractivity contribution in [3.63, 3.8) is 0 Å². The Balaban J connectivity index is 1.77. The van der Waals surface area contributed by atoms with Crippen molar-refractivity contribution < 1.29 is 23.4 Å². The van der Waals surface area contributed by atoms with E-state index in [2.05, 4.69) is 9.97 Å². The van der Waals surface area contributed by atoms with Crippen LogP contribution in [0.15, 0.2) is 41.1 Å². The van der Waals surface area contributed by atoms with Crippen LogP contribution in [0.2, 0.25) is 0 Å². The van der Waals surface area contributed by atoms with E-state index in [0.717, 1.165) is 5.39 Å². The van der Waals surface area contributed by atoms with Gasteiger partial charge in [0.2, 0.25) is 5.88 Å². The summed E-state index contributed by atoms with van der Waals surface area (Å²) in [5.41, 5.74) is 1.88. The Hall–Kier alpha value is -3.61. The lowest BCUT2D eigenvalue weighted by molar-refractivity contribution is 0.0988. The minimum absolute atomic E-state index is 0.0535. The molecule has 148 valence electrons. The van der Waals surface area contributed by atoms with E-state index in [4.69, 9.17) is 18.6 Å². The molecule has 0 aliphatic carbocycles. The zero-order chi connectivity index (χ0) is 20.5. The van der Waals surface area contributed by atoms with E-state index in [1.807, 2.05) is 13.0 Å². The second-order valence-electron chi connectivity index (χ2n) is 6.47. The number of methoxy groups -OCH3 is 2. The maximum Gasteiger partial charge on any atom is 0.230 e. The summed E-state index contributed by atoms with van der Waals surface area (Å²) in [4.78, 5) is 20.8. The van der Waals surface area contributed by atoms with Gasteiger partial charge in [0.1, 0.15) is 23.4 Å². The molecule has 0 fully saturated rings. The second-order valence-corrected chi connectivity index (χ2v) is 6.47. The number of benzene rings is 2. The maximum absolute atomic E-state index is 12.2. The van der Waals surface area contributed by atoms with E-state index in [1.54, 1.807) is 45.4 Å². The Morgan fingerprint density at radius 3 is 2.52 bits per heavy atom. The zero-order valence-electron chi connectivity index (χ0n) is 16.6. The van der Waals surface area contributed by atoms with Gasteiger partial charge in [-0.3, -0.25) is 4.79 Å². The number of aryl methyl sites for hydroxylation is 1. The normalized spacial score (nSPS) is 11.0. The lowest BCUT2D eigenvalue weighted by atomic mass is 10.1. The van der Waals surface area contributed by atoms with Gasteiger partial charge in [-0.2, -0.15) is 0 Å². The molecule has 0 saturated heterocycles. The van der Waals surface area contributed by atoms with E-state index in [1.165, 1.54) is 6.33 Å². The largest absolute Gasteiger partial charge is 0.493 e. The molecule has 4 rings (SSSR count). The van der Waals surface area contributed by atoms with Crippen molar-refractivity contribution in [2.45, 2.75) is 20.3 Å². The standard InChI is InChI=1S/C22H20N2O5/c1-5-17(25)21-12(2)28-18-8-13(6-7-14(18)21)29-22-15-9-19(26-3)20(27-4)10-16(15)23-11-24-22/h6-11H,5H2,1-4H3. The number of hydrogen-bond donors (Lipinski definition) is 0. The number of ketones is 1. The van der Waals surface area contributed by atoms with Crippen molar-refractivity contribution in [2.24, 2.45) is 0 Å². The summed E-state index contributed by atoms with van der Waals surface area (Å²) in [6, 6.07) is 8.92. The monoisotopic (exact) mass is 392 g/mol. The molecule has 2 heterocycles. The highest BCUT2D eigenvalue weighted by atomic mass is 16.5. The molecular formula is C22H20N2O5. The fourth-order valence-electron chi connectivity index (χ4n) is 3.34. The predicted molar refractivity (Wildman–Crippen MR) is 108 cm³/mol. The Labute approximate surface area is 167 Å². The first-order chi connectivity index (χ1) is 14.0. The van der Waals surface area contributed by atoms with E-state index in [0.29, 0.717) is 57.4 Å². The van der Waals surface area contributed by atoms with E-state index < -0.39 is 0 Å². The van der Waals surface area contributed by atoms with Crippen LogP contribution >= 0.6 is 0 Å². The highest BCUT2D eigenvalue weighted by Gasteiger charge is 2.18. The Morgan fingerprint density at radius 2 is 1.79 bits per heavy atom. The van der Waals surface area contributed by atoms with Gasteiger partial charge in [-0.25, -0.2) is 9.97 Å². The number of furan rings is 1. The molecule has 0 aliphatic heterocycles. The number of rotatable bonds is 6. The maximum atomic E-state index is 12.2. The number of Topliss-reactive ketones (excluding diaryl/α,β-unsaturated/α-hetero) is 1. The molecule has 0 spiro atoms. The number of ether oxygens (including phenoxy) is 3. The predicted octanol–water partition coefficient (Wildman–Crippen LogP) is 5.09. The van der Waals surface area contributed by atoms with Crippen LogP contribution in [0.5, 0.6) is 23.1 Å². The van der Waals surface area contributed by atoms with Gasteiger partial charge in [0.15, 0.2) is 17.3 Å². The van der Waals surface area contributed by atoms with Gasteiger partial charge < -0.3 is 18.6 Å². The number of carbonyl (C=O) groups excluding carboxylic acids is 1. The quantitative estimate of drug-likeness (QED) is 0.423. The van der Waals surface area contributed by atoms with Crippen LogP contribution < -0.4 is 14.2 Å². The van der Waals surface area contributed by atoms with E-state index in [-0.39, 0.29) is 5.78 Å². The molecule has 0 aliphatic rings. The summed E-state index contributed by atoms with van der Waals surface area (Å²) in [6.45, 7) is 3.63. The molecule has 7 heteroatoms. The van der Waals surface area contributed by atoms with Crippen molar-refractivity contribution in [1.29, 1.82) is 0 Å². The van der Waals surface area contributed by atoms with Gasteiger partial charge in [-0.05, 0) is 25.1 Å².